The van der Waals surface area contributed by atoms with Gasteiger partial charge in [-0.2, -0.15) is 0 Å². The van der Waals surface area contributed by atoms with Crippen LogP contribution in [-0.4, -0.2) is 18.3 Å². The molecule has 0 bridgehead atoms. The molecule has 0 aromatic heterocycles. The molecule has 88 valence electrons. The molecule has 1 aromatic rings. The summed E-state index contributed by atoms with van der Waals surface area (Å²) < 4.78 is 5.53. The van der Waals surface area contributed by atoms with Crippen LogP contribution in [0.1, 0.15) is 30.6 Å². The molecule has 0 saturated carbocycles. The molecule has 16 heavy (non-hydrogen) atoms. The first-order chi connectivity index (χ1) is 7.67. The van der Waals surface area contributed by atoms with Crippen molar-refractivity contribution < 1.29 is 9.53 Å². The summed E-state index contributed by atoms with van der Waals surface area (Å²) in [6, 6.07) is 7.24. The highest BCUT2D eigenvalue weighted by molar-refractivity contribution is 6.18. The van der Waals surface area contributed by atoms with E-state index in [1.165, 1.54) is 0 Å². The third kappa shape index (κ3) is 3.86. The maximum atomic E-state index is 11.4. The molecule has 3 heteroatoms. The number of hydrogen-bond donors (Lipinski definition) is 0. The zero-order valence-corrected chi connectivity index (χ0v) is 10.5. The van der Waals surface area contributed by atoms with Gasteiger partial charge in [0.15, 0.2) is 5.78 Å². The van der Waals surface area contributed by atoms with Crippen molar-refractivity contribution in [1.82, 2.24) is 0 Å². The average molecular weight is 241 g/mol. The number of halogens is 1. The second-order valence-corrected chi connectivity index (χ2v) is 4.18. The van der Waals surface area contributed by atoms with Gasteiger partial charge in [0.1, 0.15) is 5.75 Å². The lowest BCUT2D eigenvalue weighted by molar-refractivity contribution is 0.0988. The van der Waals surface area contributed by atoms with Crippen molar-refractivity contribution in [3.05, 3.63) is 29.8 Å². The largest absolute Gasteiger partial charge is 0.493 e. The van der Waals surface area contributed by atoms with Crippen molar-refractivity contribution in [3.8, 4) is 5.75 Å². The molecule has 1 aromatic carbocycles. The van der Waals surface area contributed by atoms with Gasteiger partial charge >= 0.3 is 0 Å². The predicted octanol–water partition coefficient (Wildman–Crippen LogP) is 3.53. The van der Waals surface area contributed by atoms with Gasteiger partial charge in [-0.3, -0.25) is 4.79 Å². The van der Waals surface area contributed by atoms with Crippen LogP contribution in [0.2, 0.25) is 0 Å². The van der Waals surface area contributed by atoms with Crippen LogP contribution in [0.25, 0.3) is 0 Å². The van der Waals surface area contributed by atoms with Crippen molar-refractivity contribution in [1.29, 1.82) is 0 Å². The monoisotopic (exact) mass is 240 g/mol. The van der Waals surface area contributed by atoms with Gasteiger partial charge in [-0.1, -0.05) is 13.8 Å². The van der Waals surface area contributed by atoms with Crippen LogP contribution < -0.4 is 4.74 Å². The molecule has 1 unspecified atom stereocenters. The number of benzene rings is 1. The molecule has 0 aliphatic rings. The van der Waals surface area contributed by atoms with E-state index < -0.39 is 0 Å². The smallest absolute Gasteiger partial charge is 0.162 e. The van der Waals surface area contributed by atoms with E-state index in [0.29, 0.717) is 24.8 Å². The summed E-state index contributed by atoms with van der Waals surface area (Å²) in [5.41, 5.74) is 0.736. The normalized spacial score (nSPS) is 12.2. The summed E-state index contributed by atoms with van der Waals surface area (Å²) in [7, 11) is 0. The Morgan fingerprint density at radius 2 is 2.00 bits per heavy atom. The summed E-state index contributed by atoms with van der Waals surface area (Å²) in [5.74, 6) is 1.86. The van der Waals surface area contributed by atoms with Crippen LogP contribution >= 0.6 is 11.6 Å². The Bertz CT molecular complexity index is 332. The Morgan fingerprint density at radius 3 is 2.50 bits per heavy atom. The van der Waals surface area contributed by atoms with Crippen molar-refractivity contribution in [3.63, 3.8) is 0 Å². The Labute approximate surface area is 102 Å². The zero-order chi connectivity index (χ0) is 12.0. The van der Waals surface area contributed by atoms with Crippen LogP contribution in [0.3, 0.4) is 0 Å². The quantitative estimate of drug-likeness (QED) is 0.562. The van der Waals surface area contributed by atoms with Crippen LogP contribution in [-0.2, 0) is 0 Å². The van der Waals surface area contributed by atoms with E-state index in [2.05, 4.69) is 0 Å². The fraction of sp³-hybridized carbons (Fsp3) is 0.462. The number of hydrogen-bond acceptors (Lipinski definition) is 2. The molecule has 0 heterocycles. The van der Waals surface area contributed by atoms with Gasteiger partial charge < -0.3 is 4.74 Å². The SMILES string of the molecule is CCC(=O)c1ccc(OCC(C)CCl)cc1. The Kier molecular flexibility index (Phi) is 5.33. The van der Waals surface area contributed by atoms with Crippen LogP contribution in [0.5, 0.6) is 5.75 Å². The lowest BCUT2D eigenvalue weighted by atomic mass is 10.1. The number of ether oxygens (including phenoxy) is 1. The molecular weight excluding hydrogens is 224 g/mol. The number of ketones is 1. The molecule has 0 saturated heterocycles. The number of rotatable bonds is 6. The summed E-state index contributed by atoms with van der Waals surface area (Å²) >= 11 is 5.68. The molecule has 0 spiro atoms. The Balaban J connectivity index is 2.54. The van der Waals surface area contributed by atoms with Crippen molar-refractivity contribution in [2.75, 3.05) is 12.5 Å². The molecule has 0 amide bonds. The highest BCUT2D eigenvalue weighted by Crippen LogP contribution is 2.14. The van der Waals surface area contributed by atoms with Crippen molar-refractivity contribution in [2.24, 2.45) is 5.92 Å². The van der Waals surface area contributed by atoms with Gasteiger partial charge in [-0.05, 0) is 24.3 Å². The molecule has 2 nitrogen and oxygen atoms in total. The third-order valence-corrected chi connectivity index (χ3v) is 2.82. The molecule has 1 atom stereocenters. The van der Waals surface area contributed by atoms with Crippen LogP contribution in [0.4, 0.5) is 0 Å². The number of alkyl halides is 1. The minimum absolute atomic E-state index is 0.153. The molecule has 0 N–H and O–H groups in total. The van der Waals surface area contributed by atoms with Crippen LogP contribution in [0.15, 0.2) is 24.3 Å². The van der Waals surface area contributed by atoms with Gasteiger partial charge in [0.25, 0.3) is 0 Å². The van der Waals surface area contributed by atoms with Gasteiger partial charge in [0.05, 0.1) is 6.61 Å². The second-order valence-electron chi connectivity index (χ2n) is 3.87. The van der Waals surface area contributed by atoms with Crippen molar-refractivity contribution in [2.45, 2.75) is 20.3 Å². The minimum Gasteiger partial charge on any atom is -0.493 e. The van der Waals surface area contributed by atoms with E-state index in [4.69, 9.17) is 16.3 Å². The van der Waals surface area contributed by atoms with E-state index in [0.717, 1.165) is 11.3 Å². The number of carbonyl (C=O) groups is 1. The average Bonchev–Trinajstić information content (AvgIpc) is 2.35. The Hall–Kier alpha value is -1.02. The lowest BCUT2D eigenvalue weighted by Gasteiger charge is -2.10. The van der Waals surface area contributed by atoms with Gasteiger partial charge in [-0.25, -0.2) is 0 Å². The minimum atomic E-state index is 0.153. The van der Waals surface area contributed by atoms with E-state index in [-0.39, 0.29) is 5.78 Å². The molecule has 0 aliphatic carbocycles. The summed E-state index contributed by atoms with van der Waals surface area (Å²) in [5, 5.41) is 0. The number of Topliss-reactive ketones (excluding diaryl/α,β-unsaturated/α-hetero) is 1. The first-order valence-electron chi connectivity index (χ1n) is 5.49. The predicted molar refractivity (Wildman–Crippen MR) is 66.4 cm³/mol. The molecule has 0 aliphatic heterocycles. The fourth-order valence-electron chi connectivity index (χ4n) is 1.22. The van der Waals surface area contributed by atoms with E-state index in [9.17, 15) is 4.79 Å². The maximum Gasteiger partial charge on any atom is 0.162 e. The van der Waals surface area contributed by atoms with Crippen molar-refractivity contribution >= 4 is 17.4 Å². The molecule has 0 radical (unpaired) electrons. The number of carbonyl (C=O) groups excluding carboxylic acids is 1. The highest BCUT2D eigenvalue weighted by Gasteiger charge is 2.04. The highest BCUT2D eigenvalue weighted by atomic mass is 35.5. The zero-order valence-electron chi connectivity index (χ0n) is 9.70. The molecule has 0 fully saturated rings. The first kappa shape index (κ1) is 13.0. The van der Waals surface area contributed by atoms with Gasteiger partial charge in [0, 0.05) is 23.8 Å². The molecule has 1 rings (SSSR count). The topological polar surface area (TPSA) is 26.3 Å². The summed E-state index contributed by atoms with van der Waals surface area (Å²) in [4.78, 5) is 11.4. The standard InChI is InChI=1S/C13H17ClO2/c1-3-13(15)11-4-6-12(7-5-11)16-9-10(2)8-14/h4-7,10H,3,8-9H2,1-2H3. The van der Waals surface area contributed by atoms with Gasteiger partial charge in [0.2, 0.25) is 0 Å². The summed E-state index contributed by atoms with van der Waals surface area (Å²) in [6.07, 6.45) is 0.531. The van der Waals surface area contributed by atoms with E-state index in [1.54, 1.807) is 12.1 Å². The van der Waals surface area contributed by atoms with Gasteiger partial charge in [-0.15, -0.1) is 11.6 Å². The van der Waals surface area contributed by atoms with E-state index in [1.807, 2.05) is 26.0 Å². The second kappa shape index (κ2) is 6.54. The fourth-order valence-corrected chi connectivity index (χ4v) is 1.31. The van der Waals surface area contributed by atoms with E-state index >= 15 is 0 Å². The van der Waals surface area contributed by atoms with Crippen LogP contribution in [0, 0.1) is 5.92 Å². The first-order valence-corrected chi connectivity index (χ1v) is 6.02. The third-order valence-electron chi connectivity index (χ3n) is 2.30. The lowest BCUT2D eigenvalue weighted by Crippen LogP contribution is -2.09. The Morgan fingerprint density at radius 1 is 1.38 bits per heavy atom. The summed E-state index contributed by atoms with van der Waals surface area (Å²) in [6.45, 7) is 4.49. The maximum absolute atomic E-state index is 11.4. The molecular formula is C13H17ClO2.